The van der Waals surface area contributed by atoms with Crippen molar-refractivity contribution in [2.45, 2.75) is 19.8 Å². The molecule has 3 aromatic rings. The summed E-state index contributed by atoms with van der Waals surface area (Å²) >= 11 is 0. The Morgan fingerprint density at radius 3 is 2.79 bits per heavy atom. The van der Waals surface area contributed by atoms with E-state index in [1.165, 1.54) is 0 Å². The zero-order valence-corrected chi connectivity index (χ0v) is 13.1. The second-order valence-electron chi connectivity index (χ2n) is 5.32. The topological polar surface area (TPSA) is 117 Å². The smallest absolute Gasteiger partial charge is 0.340 e. The Balaban J connectivity index is 1.63. The van der Waals surface area contributed by atoms with Crippen LogP contribution in [0.1, 0.15) is 28.3 Å². The molecule has 0 saturated heterocycles. The number of aromatic nitrogens is 4. The first-order valence-corrected chi connectivity index (χ1v) is 7.58. The predicted octanol–water partition coefficient (Wildman–Crippen LogP) is 1.42. The quantitative estimate of drug-likeness (QED) is 0.592. The van der Waals surface area contributed by atoms with E-state index in [1.54, 1.807) is 6.92 Å². The normalized spacial score (nSPS) is 10.7. The molecule has 1 amide bonds. The molecular formula is C16H17N5O3. The lowest BCUT2D eigenvalue weighted by Gasteiger charge is -2.05. The minimum absolute atomic E-state index is 0.233. The Hall–Kier alpha value is -3.16. The summed E-state index contributed by atoms with van der Waals surface area (Å²) in [7, 11) is 0. The van der Waals surface area contributed by atoms with Gasteiger partial charge in [0.05, 0.1) is 5.69 Å². The van der Waals surface area contributed by atoms with Crippen molar-refractivity contribution < 1.29 is 9.32 Å². The number of hydrogen-bond donors (Lipinski definition) is 3. The summed E-state index contributed by atoms with van der Waals surface area (Å²) in [5, 5.41) is 12.9. The molecule has 124 valence electrons. The van der Waals surface area contributed by atoms with E-state index in [0.29, 0.717) is 42.2 Å². The highest BCUT2D eigenvalue weighted by molar-refractivity contribution is 6.00. The van der Waals surface area contributed by atoms with Gasteiger partial charge in [0.2, 0.25) is 0 Å². The SMILES string of the molecule is Cc1noc(-c2ccccc2)c1C(=O)NCCCc1n[nH]c(=O)[nH]1. The predicted molar refractivity (Wildman–Crippen MR) is 86.5 cm³/mol. The van der Waals surface area contributed by atoms with Crippen LogP contribution in [0.25, 0.3) is 11.3 Å². The van der Waals surface area contributed by atoms with Gasteiger partial charge in [-0.25, -0.2) is 9.89 Å². The lowest BCUT2D eigenvalue weighted by atomic mass is 10.1. The molecule has 0 aliphatic carbocycles. The third-order valence-electron chi connectivity index (χ3n) is 3.55. The Labute approximate surface area is 137 Å². The van der Waals surface area contributed by atoms with Crippen molar-refractivity contribution in [2.24, 2.45) is 0 Å². The molecule has 0 unspecified atom stereocenters. The second-order valence-corrected chi connectivity index (χ2v) is 5.32. The summed E-state index contributed by atoms with van der Waals surface area (Å²) in [5.74, 6) is 0.797. The van der Waals surface area contributed by atoms with Crippen LogP contribution in [0.5, 0.6) is 0 Å². The van der Waals surface area contributed by atoms with Crippen molar-refractivity contribution in [1.82, 2.24) is 25.7 Å². The molecule has 24 heavy (non-hydrogen) atoms. The van der Waals surface area contributed by atoms with Crippen LogP contribution in [0, 0.1) is 6.92 Å². The van der Waals surface area contributed by atoms with E-state index < -0.39 is 0 Å². The Morgan fingerprint density at radius 1 is 1.29 bits per heavy atom. The first-order valence-electron chi connectivity index (χ1n) is 7.58. The minimum Gasteiger partial charge on any atom is -0.355 e. The Kier molecular flexibility index (Phi) is 4.55. The van der Waals surface area contributed by atoms with Crippen LogP contribution in [0.2, 0.25) is 0 Å². The number of aryl methyl sites for hydroxylation is 2. The summed E-state index contributed by atoms with van der Waals surface area (Å²) in [4.78, 5) is 26.0. The van der Waals surface area contributed by atoms with Gasteiger partial charge >= 0.3 is 5.69 Å². The molecule has 3 N–H and O–H groups in total. The summed E-state index contributed by atoms with van der Waals surface area (Å²) in [6.07, 6.45) is 1.21. The van der Waals surface area contributed by atoms with Gasteiger partial charge in [0.15, 0.2) is 5.76 Å². The van der Waals surface area contributed by atoms with E-state index in [4.69, 9.17) is 4.52 Å². The van der Waals surface area contributed by atoms with Gasteiger partial charge in [-0.15, -0.1) is 0 Å². The van der Waals surface area contributed by atoms with Gasteiger partial charge in [-0.1, -0.05) is 35.5 Å². The number of amides is 1. The van der Waals surface area contributed by atoms with Crippen LogP contribution in [0.3, 0.4) is 0 Å². The van der Waals surface area contributed by atoms with Gasteiger partial charge in [-0.2, -0.15) is 5.10 Å². The summed E-state index contributed by atoms with van der Waals surface area (Å²) in [6.45, 7) is 2.19. The third kappa shape index (κ3) is 3.43. The standard InChI is InChI=1S/C16H17N5O3/c1-10-13(14(24-21-10)11-6-3-2-4-7-11)15(22)17-9-5-8-12-18-16(23)20-19-12/h2-4,6-7H,5,8-9H2,1H3,(H,17,22)(H2,18,19,20,23). The van der Waals surface area contributed by atoms with Gasteiger partial charge in [-0.05, 0) is 13.3 Å². The lowest BCUT2D eigenvalue weighted by Crippen LogP contribution is -2.25. The average molecular weight is 327 g/mol. The van der Waals surface area contributed by atoms with Crippen LogP contribution >= 0.6 is 0 Å². The summed E-state index contributed by atoms with van der Waals surface area (Å²) in [5.41, 5.74) is 1.45. The maximum absolute atomic E-state index is 12.4. The van der Waals surface area contributed by atoms with Gasteiger partial charge < -0.3 is 9.84 Å². The number of aromatic amines is 2. The maximum atomic E-state index is 12.4. The fourth-order valence-corrected chi connectivity index (χ4v) is 2.39. The van der Waals surface area contributed by atoms with Crippen LogP contribution in [-0.4, -0.2) is 32.8 Å². The molecule has 0 spiro atoms. The molecular weight excluding hydrogens is 310 g/mol. The highest BCUT2D eigenvalue weighted by Gasteiger charge is 2.21. The van der Waals surface area contributed by atoms with E-state index in [9.17, 15) is 9.59 Å². The highest BCUT2D eigenvalue weighted by atomic mass is 16.5. The average Bonchev–Trinajstić information content (AvgIpc) is 3.18. The van der Waals surface area contributed by atoms with Crippen molar-refractivity contribution in [3.63, 3.8) is 0 Å². The zero-order valence-electron chi connectivity index (χ0n) is 13.1. The molecule has 2 aromatic heterocycles. The second kappa shape index (κ2) is 6.95. The molecule has 0 atom stereocenters. The summed E-state index contributed by atoms with van der Waals surface area (Å²) < 4.78 is 5.32. The van der Waals surface area contributed by atoms with Gasteiger partial charge in [0.25, 0.3) is 5.91 Å². The van der Waals surface area contributed by atoms with Crippen LogP contribution in [0.15, 0.2) is 39.6 Å². The van der Waals surface area contributed by atoms with Crippen molar-refractivity contribution in [3.05, 3.63) is 57.9 Å². The molecule has 1 aromatic carbocycles. The Bertz CT molecular complexity index is 879. The first kappa shape index (κ1) is 15.7. The van der Waals surface area contributed by atoms with Crippen molar-refractivity contribution in [3.8, 4) is 11.3 Å². The molecule has 0 saturated carbocycles. The van der Waals surface area contributed by atoms with Crippen LogP contribution in [-0.2, 0) is 6.42 Å². The van der Waals surface area contributed by atoms with E-state index in [0.717, 1.165) is 5.56 Å². The number of nitrogens with zero attached hydrogens (tertiary/aromatic N) is 2. The van der Waals surface area contributed by atoms with Crippen molar-refractivity contribution in [1.29, 1.82) is 0 Å². The van der Waals surface area contributed by atoms with Crippen LogP contribution in [0.4, 0.5) is 0 Å². The van der Waals surface area contributed by atoms with E-state index in [2.05, 4.69) is 25.7 Å². The minimum atomic E-state index is -0.332. The zero-order chi connectivity index (χ0) is 16.9. The van der Waals surface area contributed by atoms with E-state index >= 15 is 0 Å². The molecule has 0 aliphatic rings. The fraction of sp³-hybridized carbons (Fsp3) is 0.250. The van der Waals surface area contributed by atoms with Gasteiger partial charge in [-0.3, -0.25) is 9.78 Å². The molecule has 8 nitrogen and oxygen atoms in total. The molecule has 0 radical (unpaired) electrons. The number of benzene rings is 1. The first-order chi connectivity index (χ1) is 11.6. The number of carbonyl (C=O) groups is 1. The molecule has 3 rings (SSSR count). The number of carbonyl (C=O) groups excluding carboxylic acids is 1. The largest absolute Gasteiger partial charge is 0.355 e. The van der Waals surface area contributed by atoms with Gasteiger partial charge in [0, 0.05) is 18.5 Å². The third-order valence-corrected chi connectivity index (χ3v) is 3.55. The van der Waals surface area contributed by atoms with Crippen molar-refractivity contribution >= 4 is 5.91 Å². The van der Waals surface area contributed by atoms with Crippen LogP contribution < -0.4 is 11.0 Å². The number of H-pyrrole nitrogens is 2. The molecule has 2 heterocycles. The number of nitrogens with one attached hydrogen (secondary N) is 3. The van der Waals surface area contributed by atoms with E-state index in [-0.39, 0.29) is 11.6 Å². The monoisotopic (exact) mass is 327 g/mol. The molecule has 0 fully saturated rings. The molecule has 8 heteroatoms. The molecule has 0 aliphatic heterocycles. The van der Waals surface area contributed by atoms with Crippen molar-refractivity contribution in [2.75, 3.05) is 6.54 Å². The van der Waals surface area contributed by atoms with E-state index in [1.807, 2.05) is 30.3 Å². The highest BCUT2D eigenvalue weighted by Crippen LogP contribution is 2.25. The van der Waals surface area contributed by atoms with Gasteiger partial charge in [0.1, 0.15) is 11.4 Å². The number of hydrogen-bond acceptors (Lipinski definition) is 5. The summed E-state index contributed by atoms with van der Waals surface area (Å²) in [6, 6.07) is 9.38. The fourth-order valence-electron chi connectivity index (χ4n) is 2.39. The Morgan fingerprint density at radius 2 is 2.08 bits per heavy atom. The lowest BCUT2D eigenvalue weighted by molar-refractivity contribution is 0.0953. The number of rotatable bonds is 6. The maximum Gasteiger partial charge on any atom is 0.340 e. The molecule has 0 bridgehead atoms.